The van der Waals surface area contributed by atoms with Gasteiger partial charge in [-0.15, -0.1) is 11.3 Å². The quantitative estimate of drug-likeness (QED) is 0.896. The number of thiazole rings is 1. The number of hydrogen-bond donors (Lipinski definition) is 1. The van der Waals surface area contributed by atoms with Crippen LogP contribution in [0.2, 0.25) is 0 Å². The van der Waals surface area contributed by atoms with Crippen molar-refractivity contribution in [1.29, 1.82) is 0 Å². The summed E-state index contributed by atoms with van der Waals surface area (Å²) in [6.45, 7) is 12.5. The number of aromatic nitrogens is 1. The van der Waals surface area contributed by atoms with Gasteiger partial charge in [0.25, 0.3) is 0 Å². The van der Waals surface area contributed by atoms with Crippen LogP contribution in [0.5, 0.6) is 0 Å². The van der Waals surface area contributed by atoms with E-state index in [1.165, 1.54) is 36.5 Å². The third-order valence-corrected chi connectivity index (χ3v) is 4.79. The van der Waals surface area contributed by atoms with Crippen molar-refractivity contribution in [3.63, 3.8) is 0 Å². The largest absolute Gasteiger partial charge is 0.311 e. The van der Waals surface area contributed by atoms with Gasteiger partial charge in [-0.1, -0.05) is 34.6 Å². The second-order valence-corrected chi connectivity index (χ2v) is 8.40. The summed E-state index contributed by atoms with van der Waals surface area (Å²) in [7, 11) is 0. The molecule has 0 aromatic carbocycles. The molecule has 0 aliphatic carbocycles. The second-order valence-electron chi connectivity index (χ2n) is 7.46. The van der Waals surface area contributed by atoms with Crippen LogP contribution in [-0.4, -0.2) is 17.1 Å². The Bertz CT molecular complexity index is 409. The first-order chi connectivity index (χ1) is 8.81. The number of rotatable bonds is 4. The van der Waals surface area contributed by atoms with Crippen molar-refractivity contribution in [3.8, 4) is 0 Å². The summed E-state index contributed by atoms with van der Waals surface area (Å²) in [4.78, 5) is 4.88. The highest BCUT2D eigenvalue weighted by atomic mass is 32.1. The molecular weight excluding hydrogens is 252 g/mol. The van der Waals surface area contributed by atoms with Crippen LogP contribution < -0.4 is 5.32 Å². The average molecular weight is 280 g/mol. The zero-order valence-electron chi connectivity index (χ0n) is 13.0. The molecule has 0 bridgehead atoms. The van der Waals surface area contributed by atoms with Crippen molar-refractivity contribution in [2.75, 3.05) is 6.54 Å². The van der Waals surface area contributed by atoms with Gasteiger partial charge < -0.3 is 5.32 Å². The minimum absolute atomic E-state index is 0.170. The average Bonchev–Trinajstić information content (AvgIpc) is 2.86. The maximum Gasteiger partial charge on any atom is 0.0946 e. The van der Waals surface area contributed by atoms with E-state index in [-0.39, 0.29) is 5.41 Å². The number of nitrogens with one attached hydrogen (secondary N) is 1. The molecule has 2 rings (SSSR count). The van der Waals surface area contributed by atoms with Gasteiger partial charge in [-0.2, -0.15) is 0 Å². The molecule has 108 valence electrons. The lowest BCUT2D eigenvalue weighted by molar-refractivity contribution is 0.301. The first-order valence-corrected chi connectivity index (χ1v) is 8.39. The molecular formula is C16H28N2S. The summed E-state index contributed by atoms with van der Waals surface area (Å²) >= 11 is 1.84. The molecule has 1 aliphatic heterocycles. The van der Waals surface area contributed by atoms with E-state index in [1.807, 2.05) is 11.3 Å². The maximum absolute atomic E-state index is 4.88. The van der Waals surface area contributed by atoms with Gasteiger partial charge in [0.05, 0.1) is 10.7 Å². The molecule has 1 atom stereocenters. The molecule has 1 N–H and O–H groups in total. The summed E-state index contributed by atoms with van der Waals surface area (Å²) in [6, 6.07) is 0. The predicted octanol–water partition coefficient (Wildman–Crippen LogP) is 4.15. The highest BCUT2D eigenvalue weighted by Crippen LogP contribution is 2.32. The molecule has 1 saturated heterocycles. The lowest BCUT2D eigenvalue weighted by Crippen LogP contribution is -2.43. The molecule has 2 nitrogen and oxygen atoms in total. The Balaban J connectivity index is 2.11. The Kier molecular flexibility index (Phi) is 4.36. The van der Waals surface area contributed by atoms with Gasteiger partial charge in [-0.05, 0) is 31.7 Å². The molecule has 1 aromatic rings. The van der Waals surface area contributed by atoms with Gasteiger partial charge >= 0.3 is 0 Å². The van der Waals surface area contributed by atoms with E-state index in [2.05, 4.69) is 45.3 Å². The van der Waals surface area contributed by atoms with E-state index in [0.29, 0.717) is 5.54 Å². The second kappa shape index (κ2) is 5.53. The van der Waals surface area contributed by atoms with Gasteiger partial charge in [0.2, 0.25) is 0 Å². The Morgan fingerprint density at radius 3 is 2.63 bits per heavy atom. The van der Waals surface area contributed by atoms with Crippen molar-refractivity contribution in [3.05, 3.63) is 16.1 Å². The van der Waals surface area contributed by atoms with E-state index in [4.69, 9.17) is 4.98 Å². The third-order valence-electron chi connectivity index (χ3n) is 3.94. The molecule has 19 heavy (non-hydrogen) atoms. The fourth-order valence-corrected chi connectivity index (χ4v) is 4.24. The molecule has 1 aromatic heterocycles. The lowest BCUT2D eigenvalue weighted by atomic mass is 9.84. The van der Waals surface area contributed by atoms with Crippen LogP contribution in [0.25, 0.3) is 0 Å². The van der Waals surface area contributed by atoms with Gasteiger partial charge in [0.1, 0.15) is 0 Å². The Morgan fingerprint density at radius 2 is 2.16 bits per heavy atom. The summed E-state index contributed by atoms with van der Waals surface area (Å²) in [5, 5.41) is 7.31. The van der Waals surface area contributed by atoms with E-state index in [1.54, 1.807) is 0 Å². The van der Waals surface area contributed by atoms with Crippen LogP contribution >= 0.6 is 11.3 Å². The first-order valence-electron chi connectivity index (χ1n) is 7.51. The molecule has 3 heteroatoms. The molecule has 1 aliphatic rings. The maximum atomic E-state index is 4.88. The summed E-state index contributed by atoms with van der Waals surface area (Å²) in [6.07, 6.45) is 4.98. The van der Waals surface area contributed by atoms with Crippen molar-refractivity contribution in [1.82, 2.24) is 10.3 Å². The zero-order valence-corrected chi connectivity index (χ0v) is 13.9. The molecule has 0 amide bonds. The van der Waals surface area contributed by atoms with Crippen molar-refractivity contribution in [2.24, 2.45) is 5.92 Å². The SMILES string of the molecule is CC(C)CC1(Cc2nc(C(C)(C)C)cs2)CCCN1. The fourth-order valence-electron chi connectivity index (χ4n) is 3.07. The zero-order chi connectivity index (χ0) is 14.1. The minimum Gasteiger partial charge on any atom is -0.311 e. The summed E-state index contributed by atoms with van der Waals surface area (Å²) < 4.78 is 0. The lowest BCUT2D eigenvalue weighted by Gasteiger charge is -2.30. The van der Waals surface area contributed by atoms with Gasteiger partial charge in [0, 0.05) is 22.8 Å². The van der Waals surface area contributed by atoms with Crippen molar-refractivity contribution < 1.29 is 0 Å². The molecule has 0 spiro atoms. The van der Waals surface area contributed by atoms with Crippen molar-refractivity contribution >= 4 is 11.3 Å². The Labute approximate surface area is 122 Å². The highest BCUT2D eigenvalue weighted by Gasteiger charge is 2.35. The van der Waals surface area contributed by atoms with Crippen LogP contribution in [-0.2, 0) is 11.8 Å². The molecule has 0 saturated carbocycles. The van der Waals surface area contributed by atoms with Crippen LogP contribution in [0.3, 0.4) is 0 Å². The molecule has 2 heterocycles. The van der Waals surface area contributed by atoms with E-state index < -0.39 is 0 Å². The fraction of sp³-hybridized carbons (Fsp3) is 0.812. The highest BCUT2D eigenvalue weighted by molar-refractivity contribution is 7.09. The van der Waals surface area contributed by atoms with E-state index >= 15 is 0 Å². The summed E-state index contributed by atoms with van der Waals surface area (Å²) in [5.41, 5.74) is 1.72. The van der Waals surface area contributed by atoms with Crippen LogP contribution in [0, 0.1) is 5.92 Å². The minimum atomic E-state index is 0.170. The predicted molar refractivity (Wildman–Crippen MR) is 83.9 cm³/mol. The van der Waals surface area contributed by atoms with Gasteiger partial charge in [-0.3, -0.25) is 0 Å². The molecule has 0 radical (unpaired) electrons. The summed E-state index contributed by atoms with van der Waals surface area (Å²) in [5.74, 6) is 0.743. The van der Waals surface area contributed by atoms with Gasteiger partial charge in [0.15, 0.2) is 0 Å². The van der Waals surface area contributed by atoms with Crippen molar-refractivity contribution in [2.45, 2.75) is 71.3 Å². The van der Waals surface area contributed by atoms with E-state index in [9.17, 15) is 0 Å². The standard InChI is InChI=1S/C16H28N2S/c1-12(2)9-16(7-6-8-17-16)10-14-18-13(11-19-14)15(3,4)5/h11-12,17H,6-10H2,1-5H3. The topological polar surface area (TPSA) is 24.9 Å². The van der Waals surface area contributed by atoms with Crippen LogP contribution in [0.4, 0.5) is 0 Å². The van der Waals surface area contributed by atoms with Gasteiger partial charge in [-0.25, -0.2) is 4.98 Å². The first kappa shape index (κ1) is 15.0. The number of nitrogens with zero attached hydrogens (tertiary/aromatic N) is 1. The molecule has 1 unspecified atom stereocenters. The number of hydrogen-bond acceptors (Lipinski definition) is 3. The third kappa shape index (κ3) is 3.79. The molecule has 1 fully saturated rings. The monoisotopic (exact) mass is 280 g/mol. The Hall–Kier alpha value is -0.410. The van der Waals surface area contributed by atoms with Crippen LogP contribution in [0.1, 0.15) is 64.6 Å². The van der Waals surface area contributed by atoms with E-state index in [0.717, 1.165) is 12.3 Å². The normalized spacial score (nSPS) is 24.3. The smallest absolute Gasteiger partial charge is 0.0946 e. The van der Waals surface area contributed by atoms with Crippen LogP contribution in [0.15, 0.2) is 5.38 Å². The Morgan fingerprint density at radius 1 is 1.42 bits per heavy atom.